The Hall–Kier alpha value is -0.600. The van der Waals surface area contributed by atoms with Crippen molar-refractivity contribution in [3.05, 3.63) is 27.5 Å². The highest BCUT2D eigenvalue weighted by Crippen LogP contribution is 2.30. The van der Waals surface area contributed by atoms with E-state index in [-0.39, 0.29) is 5.41 Å². The number of hydrogen-bond donors (Lipinski definition) is 1. The summed E-state index contributed by atoms with van der Waals surface area (Å²) in [7, 11) is 0. The molecule has 1 aromatic rings. The summed E-state index contributed by atoms with van der Waals surface area (Å²) in [5.41, 5.74) is 1.75. The third kappa shape index (κ3) is 5.92. The fourth-order valence-corrected chi connectivity index (χ4v) is 2.89. The van der Waals surface area contributed by atoms with E-state index in [4.69, 9.17) is 0 Å². The van der Waals surface area contributed by atoms with Crippen LogP contribution in [0.25, 0.3) is 6.08 Å². The second kappa shape index (κ2) is 7.25. The summed E-state index contributed by atoms with van der Waals surface area (Å²) in [6.45, 7) is 15.7. The molecule has 0 spiro atoms. The van der Waals surface area contributed by atoms with Gasteiger partial charge < -0.3 is 5.32 Å². The van der Waals surface area contributed by atoms with E-state index in [2.05, 4.69) is 65.1 Å². The molecule has 0 saturated heterocycles. The van der Waals surface area contributed by atoms with Crippen molar-refractivity contribution >= 4 is 17.4 Å². The predicted molar refractivity (Wildman–Crippen MR) is 89.0 cm³/mol. The van der Waals surface area contributed by atoms with Crippen molar-refractivity contribution in [1.29, 1.82) is 0 Å². The zero-order chi connectivity index (χ0) is 14.5. The van der Waals surface area contributed by atoms with Gasteiger partial charge in [0.05, 0.1) is 0 Å². The van der Waals surface area contributed by atoms with Crippen LogP contribution in [0.3, 0.4) is 0 Å². The molecule has 0 unspecified atom stereocenters. The molecule has 0 bridgehead atoms. The Morgan fingerprint density at radius 1 is 1.32 bits per heavy atom. The molecule has 0 aliphatic heterocycles. The van der Waals surface area contributed by atoms with Gasteiger partial charge in [-0.15, -0.1) is 11.3 Å². The summed E-state index contributed by atoms with van der Waals surface area (Å²) >= 11 is 1.92. The Balaban J connectivity index is 2.67. The standard InChI is InChI=1S/C17H29NS/c1-7-14(12-18-11-13(2)3)10-15-8-9-16(19-15)17(4,5)6/h8-10,13,18H,7,11-12H2,1-6H3/b14-10-. The van der Waals surface area contributed by atoms with E-state index in [0.717, 1.165) is 19.5 Å². The van der Waals surface area contributed by atoms with Crippen molar-refractivity contribution in [3.63, 3.8) is 0 Å². The Kier molecular flexibility index (Phi) is 6.28. The van der Waals surface area contributed by atoms with E-state index in [1.54, 1.807) is 0 Å². The first-order valence-corrected chi connectivity index (χ1v) is 8.15. The number of hydrogen-bond acceptors (Lipinski definition) is 2. The highest BCUT2D eigenvalue weighted by molar-refractivity contribution is 7.13. The van der Waals surface area contributed by atoms with Gasteiger partial charge in [0.25, 0.3) is 0 Å². The Labute approximate surface area is 123 Å². The van der Waals surface area contributed by atoms with Crippen molar-refractivity contribution in [3.8, 4) is 0 Å². The largest absolute Gasteiger partial charge is 0.313 e. The normalized spacial score (nSPS) is 13.3. The zero-order valence-corrected chi connectivity index (χ0v) is 14.2. The minimum atomic E-state index is 0.263. The van der Waals surface area contributed by atoms with Crippen LogP contribution in [-0.4, -0.2) is 13.1 Å². The van der Waals surface area contributed by atoms with E-state index < -0.39 is 0 Å². The average molecular weight is 279 g/mol. The molecule has 19 heavy (non-hydrogen) atoms. The molecule has 1 rings (SSSR count). The molecule has 1 heterocycles. The minimum Gasteiger partial charge on any atom is -0.313 e. The molecule has 0 fully saturated rings. The van der Waals surface area contributed by atoms with E-state index >= 15 is 0 Å². The van der Waals surface area contributed by atoms with Gasteiger partial charge in [0, 0.05) is 16.3 Å². The number of thiophene rings is 1. The lowest BCUT2D eigenvalue weighted by Gasteiger charge is -2.15. The summed E-state index contributed by atoms with van der Waals surface area (Å²) in [5.74, 6) is 0.715. The Morgan fingerprint density at radius 3 is 2.47 bits per heavy atom. The van der Waals surface area contributed by atoms with Gasteiger partial charge in [-0.3, -0.25) is 0 Å². The molecule has 0 atom stereocenters. The summed E-state index contributed by atoms with van der Waals surface area (Å²) < 4.78 is 0. The highest BCUT2D eigenvalue weighted by Gasteiger charge is 2.15. The molecule has 0 aliphatic carbocycles. The predicted octanol–water partition coefficient (Wildman–Crippen LogP) is 5.08. The van der Waals surface area contributed by atoms with E-state index in [9.17, 15) is 0 Å². The van der Waals surface area contributed by atoms with Gasteiger partial charge in [-0.1, -0.05) is 47.1 Å². The van der Waals surface area contributed by atoms with Gasteiger partial charge in [0.2, 0.25) is 0 Å². The maximum absolute atomic E-state index is 3.53. The number of nitrogens with one attached hydrogen (secondary N) is 1. The Bertz CT molecular complexity index is 407. The fraction of sp³-hybridized carbons (Fsp3) is 0.647. The van der Waals surface area contributed by atoms with E-state index in [1.807, 2.05) is 11.3 Å². The molecule has 0 saturated carbocycles. The molecule has 1 aromatic heterocycles. The summed E-state index contributed by atoms with van der Waals surface area (Å²) in [6.07, 6.45) is 3.47. The quantitative estimate of drug-likeness (QED) is 0.765. The molecule has 0 aliphatic rings. The zero-order valence-electron chi connectivity index (χ0n) is 13.3. The van der Waals surface area contributed by atoms with Gasteiger partial charge in [-0.2, -0.15) is 0 Å². The smallest absolute Gasteiger partial charge is 0.0273 e. The first-order chi connectivity index (χ1) is 8.82. The lowest BCUT2D eigenvalue weighted by Crippen LogP contribution is -2.21. The van der Waals surface area contributed by atoms with Crippen LogP contribution in [-0.2, 0) is 5.41 Å². The summed E-state index contributed by atoms with van der Waals surface area (Å²) in [5, 5.41) is 3.53. The van der Waals surface area contributed by atoms with Crippen LogP contribution in [0.4, 0.5) is 0 Å². The summed E-state index contributed by atoms with van der Waals surface area (Å²) in [4.78, 5) is 2.84. The molecule has 108 valence electrons. The van der Waals surface area contributed by atoms with Crippen LogP contribution in [0.2, 0.25) is 0 Å². The third-order valence-corrected chi connectivity index (χ3v) is 4.53. The molecular formula is C17H29NS. The van der Waals surface area contributed by atoms with Crippen LogP contribution in [0.1, 0.15) is 57.7 Å². The molecule has 1 nitrogen and oxygen atoms in total. The highest BCUT2D eigenvalue weighted by atomic mass is 32.1. The van der Waals surface area contributed by atoms with Crippen LogP contribution in [0, 0.1) is 5.92 Å². The topological polar surface area (TPSA) is 12.0 Å². The first kappa shape index (κ1) is 16.5. The molecule has 0 amide bonds. The van der Waals surface area contributed by atoms with E-state index in [0.29, 0.717) is 5.92 Å². The minimum absolute atomic E-state index is 0.263. The lowest BCUT2D eigenvalue weighted by atomic mass is 9.95. The van der Waals surface area contributed by atoms with Crippen LogP contribution < -0.4 is 5.32 Å². The lowest BCUT2D eigenvalue weighted by molar-refractivity contribution is 0.569. The van der Waals surface area contributed by atoms with Crippen molar-refractivity contribution < 1.29 is 0 Å². The first-order valence-electron chi connectivity index (χ1n) is 7.33. The summed E-state index contributed by atoms with van der Waals surface area (Å²) in [6, 6.07) is 4.52. The third-order valence-electron chi connectivity index (χ3n) is 3.07. The van der Waals surface area contributed by atoms with Crippen LogP contribution >= 0.6 is 11.3 Å². The molecule has 0 aromatic carbocycles. The second-order valence-corrected chi connectivity index (χ2v) is 7.75. The van der Waals surface area contributed by atoms with Crippen LogP contribution in [0.15, 0.2) is 17.7 Å². The van der Waals surface area contributed by atoms with Crippen molar-refractivity contribution in [2.45, 2.75) is 53.4 Å². The van der Waals surface area contributed by atoms with E-state index in [1.165, 1.54) is 15.3 Å². The van der Waals surface area contributed by atoms with Gasteiger partial charge in [-0.25, -0.2) is 0 Å². The maximum atomic E-state index is 3.53. The molecule has 2 heteroatoms. The SMILES string of the molecule is CC/C(=C/c1ccc(C(C)(C)C)s1)CNCC(C)C. The monoisotopic (exact) mass is 279 g/mol. The Morgan fingerprint density at radius 2 is 2.00 bits per heavy atom. The number of rotatable bonds is 6. The van der Waals surface area contributed by atoms with Gasteiger partial charge in [0.15, 0.2) is 0 Å². The molecular weight excluding hydrogens is 250 g/mol. The average Bonchev–Trinajstić information content (AvgIpc) is 2.75. The van der Waals surface area contributed by atoms with Crippen molar-refractivity contribution in [2.75, 3.05) is 13.1 Å². The van der Waals surface area contributed by atoms with Crippen LogP contribution in [0.5, 0.6) is 0 Å². The van der Waals surface area contributed by atoms with Crippen molar-refractivity contribution in [1.82, 2.24) is 5.32 Å². The molecule has 1 N–H and O–H groups in total. The molecule has 0 radical (unpaired) electrons. The maximum Gasteiger partial charge on any atom is 0.0273 e. The van der Waals surface area contributed by atoms with Gasteiger partial charge in [-0.05, 0) is 42.5 Å². The fourth-order valence-electron chi connectivity index (χ4n) is 1.83. The van der Waals surface area contributed by atoms with Gasteiger partial charge >= 0.3 is 0 Å². The van der Waals surface area contributed by atoms with Gasteiger partial charge in [0.1, 0.15) is 0 Å². The van der Waals surface area contributed by atoms with Crippen molar-refractivity contribution in [2.24, 2.45) is 5.92 Å². The second-order valence-electron chi connectivity index (χ2n) is 6.63.